The van der Waals surface area contributed by atoms with Crippen molar-refractivity contribution in [2.45, 2.75) is 0 Å². The van der Waals surface area contributed by atoms with Crippen molar-refractivity contribution in [2.75, 3.05) is 0 Å². The number of hydrogen-bond acceptors (Lipinski definition) is 1. The van der Waals surface area contributed by atoms with E-state index in [1.165, 1.54) is 0 Å². The van der Waals surface area contributed by atoms with E-state index < -0.39 is 7.82 Å². The summed E-state index contributed by atoms with van der Waals surface area (Å²) in [5.74, 6) is 0. The largest absolute Gasteiger partial charge is 1.00 e. The van der Waals surface area contributed by atoms with Crippen molar-refractivity contribution < 1.29 is 90.7 Å². The Bertz CT molecular complexity index is 71.4. The summed E-state index contributed by atoms with van der Waals surface area (Å²) in [7, 11) is -4.64. The molecule has 0 aliphatic heterocycles. The van der Waals surface area contributed by atoms with Crippen molar-refractivity contribution in [1.82, 2.24) is 0 Å². The molecule has 3 N–H and O–H groups in total. The molecular formula is H4CuFeLiMnO4P. The first-order valence-corrected chi connectivity index (χ1v) is 2.35. The van der Waals surface area contributed by atoms with Gasteiger partial charge in [0.25, 0.3) is 0 Å². The van der Waals surface area contributed by atoms with Crippen LogP contribution in [0.25, 0.3) is 0 Å². The van der Waals surface area contributed by atoms with Gasteiger partial charge in [0.1, 0.15) is 0 Å². The summed E-state index contributed by atoms with van der Waals surface area (Å²) in [5.41, 5.74) is 0. The molecule has 0 spiro atoms. The van der Waals surface area contributed by atoms with Gasteiger partial charge in [-0.25, -0.2) is 4.57 Å². The minimum atomic E-state index is -4.64. The zero-order valence-electron chi connectivity index (χ0n) is 5.23. The molecular weight excluding hydrogens is 276 g/mol. The topological polar surface area (TPSA) is 77.8 Å². The van der Waals surface area contributed by atoms with Crippen molar-refractivity contribution in [1.29, 1.82) is 0 Å². The first-order valence-electron chi connectivity index (χ1n) is 0.783. The number of hydrogen-bond donors (Lipinski definition) is 3. The molecule has 0 fully saturated rings. The van der Waals surface area contributed by atoms with E-state index in [1.807, 2.05) is 0 Å². The molecule has 0 atom stereocenters. The van der Waals surface area contributed by atoms with Gasteiger partial charge >= 0.3 is 26.7 Å². The number of rotatable bonds is 0. The third-order valence-corrected chi connectivity index (χ3v) is 0. The van der Waals surface area contributed by atoms with Crippen LogP contribution in [0.5, 0.6) is 0 Å². The smallest absolute Gasteiger partial charge is 1.00 e. The van der Waals surface area contributed by atoms with E-state index >= 15 is 0 Å². The Hall–Kier alpha value is 2.27. The second-order valence-corrected chi connectivity index (χ2v) is 1.54. The number of phosphoric acid groups is 1. The molecule has 0 saturated carbocycles. The van der Waals surface area contributed by atoms with Gasteiger partial charge in [-0.05, 0) is 0 Å². The second kappa shape index (κ2) is 12.9. The average molecular weight is 280 g/mol. The van der Waals surface area contributed by atoms with Crippen LogP contribution in [-0.2, 0) is 55.8 Å². The first-order chi connectivity index (χ1) is 2.00. The summed E-state index contributed by atoms with van der Waals surface area (Å²) in [6.07, 6.45) is 0. The Morgan fingerprint density at radius 2 is 1.22 bits per heavy atom. The van der Waals surface area contributed by atoms with Crippen LogP contribution in [0, 0.1) is 0 Å². The van der Waals surface area contributed by atoms with Crippen LogP contribution >= 0.6 is 7.82 Å². The minimum Gasteiger partial charge on any atom is -1.00 e. The zero-order chi connectivity index (χ0) is 4.50. The van der Waals surface area contributed by atoms with E-state index in [-0.39, 0.29) is 71.5 Å². The van der Waals surface area contributed by atoms with Crippen molar-refractivity contribution in [3.8, 4) is 0 Å². The molecule has 0 saturated heterocycles. The van der Waals surface area contributed by atoms with E-state index in [0.717, 1.165) is 0 Å². The first kappa shape index (κ1) is 30.2. The molecule has 0 unspecified atom stereocenters. The third kappa shape index (κ3) is 137. The molecule has 60 valence electrons. The fourth-order valence-corrected chi connectivity index (χ4v) is 0. The van der Waals surface area contributed by atoms with Gasteiger partial charge in [0.15, 0.2) is 0 Å². The quantitative estimate of drug-likeness (QED) is 0.314. The van der Waals surface area contributed by atoms with E-state index in [2.05, 4.69) is 0 Å². The Balaban J connectivity index is -0.00000000800. The molecule has 0 aromatic heterocycles. The van der Waals surface area contributed by atoms with Gasteiger partial charge in [0, 0.05) is 51.2 Å². The molecule has 0 aliphatic carbocycles. The van der Waals surface area contributed by atoms with E-state index in [1.54, 1.807) is 0 Å². The Morgan fingerprint density at radius 1 is 1.22 bits per heavy atom. The van der Waals surface area contributed by atoms with Gasteiger partial charge < -0.3 is 16.1 Å². The molecule has 0 amide bonds. The third-order valence-electron chi connectivity index (χ3n) is 0. The van der Waals surface area contributed by atoms with Crippen LogP contribution in [0.2, 0.25) is 0 Å². The maximum atomic E-state index is 8.88. The molecule has 0 aliphatic rings. The molecule has 0 aromatic rings. The SMILES string of the molecule is O=P(O)(O)O.[Cu].[Fe].[H-].[Li+].[Mn]. The molecule has 0 rings (SSSR count). The normalized spacial score (nSPS) is 6.56. The Kier molecular flexibility index (Phi) is 43.3. The van der Waals surface area contributed by atoms with Gasteiger partial charge in [0.2, 0.25) is 0 Å². The van der Waals surface area contributed by atoms with Crippen LogP contribution in [0.3, 0.4) is 0 Å². The van der Waals surface area contributed by atoms with Gasteiger partial charge in [0.05, 0.1) is 0 Å². The van der Waals surface area contributed by atoms with Gasteiger partial charge in [-0.2, -0.15) is 0 Å². The maximum Gasteiger partial charge on any atom is 1.00 e. The molecule has 4 nitrogen and oxygen atoms in total. The average Bonchev–Trinajstić information content (AvgIpc) is 0.722. The Morgan fingerprint density at radius 3 is 1.22 bits per heavy atom. The fourth-order valence-electron chi connectivity index (χ4n) is 0. The summed E-state index contributed by atoms with van der Waals surface area (Å²) < 4.78 is 8.88. The molecule has 9 heteroatoms. The van der Waals surface area contributed by atoms with Gasteiger partial charge in [-0.3, -0.25) is 0 Å². The standard InChI is InChI=1S/Cu.Fe.Li.Mn.H3O4P.H/c;;;;1-5(2,3)4;/h;;;;(H3,1,2,3,4);/q;;+1;;;-1. The second-order valence-electron chi connectivity index (χ2n) is 0.513. The molecule has 0 bridgehead atoms. The van der Waals surface area contributed by atoms with E-state index in [4.69, 9.17) is 19.2 Å². The Labute approximate surface area is 97.9 Å². The van der Waals surface area contributed by atoms with Crippen molar-refractivity contribution in [3.63, 3.8) is 0 Å². The molecule has 2 radical (unpaired) electrons. The predicted octanol–water partition coefficient (Wildman–Crippen LogP) is -3.82. The minimum absolute atomic E-state index is 0. The monoisotopic (exact) mass is 280 g/mol. The molecule has 0 aromatic carbocycles. The van der Waals surface area contributed by atoms with Crippen molar-refractivity contribution in [3.05, 3.63) is 0 Å². The van der Waals surface area contributed by atoms with E-state index in [0.29, 0.717) is 0 Å². The van der Waals surface area contributed by atoms with Crippen LogP contribution in [-0.4, -0.2) is 14.7 Å². The van der Waals surface area contributed by atoms with Crippen LogP contribution in [0.1, 0.15) is 1.43 Å². The van der Waals surface area contributed by atoms with Crippen molar-refractivity contribution >= 4 is 7.82 Å². The zero-order valence-corrected chi connectivity index (χ0v) is 8.35. The van der Waals surface area contributed by atoms with Gasteiger partial charge in [-0.1, -0.05) is 0 Å². The van der Waals surface area contributed by atoms with E-state index in [9.17, 15) is 0 Å². The summed E-state index contributed by atoms with van der Waals surface area (Å²) in [6.45, 7) is 0. The molecule has 0 heterocycles. The van der Waals surface area contributed by atoms with Crippen LogP contribution in [0.4, 0.5) is 0 Å². The van der Waals surface area contributed by atoms with Crippen LogP contribution in [0.15, 0.2) is 0 Å². The summed E-state index contributed by atoms with van der Waals surface area (Å²) in [5, 5.41) is 0. The van der Waals surface area contributed by atoms with Gasteiger partial charge in [-0.15, -0.1) is 0 Å². The summed E-state index contributed by atoms with van der Waals surface area (Å²) >= 11 is 0. The van der Waals surface area contributed by atoms with Crippen LogP contribution < -0.4 is 18.9 Å². The summed E-state index contributed by atoms with van der Waals surface area (Å²) in [4.78, 5) is 21.6. The predicted molar refractivity (Wildman–Crippen MR) is 15.4 cm³/mol. The fraction of sp³-hybridized carbons (Fsp3) is 0. The molecule has 9 heavy (non-hydrogen) atoms. The summed E-state index contributed by atoms with van der Waals surface area (Å²) in [6, 6.07) is 0. The maximum absolute atomic E-state index is 8.88. The van der Waals surface area contributed by atoms with Crippen molar-refractivity contribution in [2.24, 2.45) is 0 Å².